The quantitative estimate of drug-likeness (QED) is 0.578. The van der Waals surface area contributed by atoms with E-state index in [9.17, 15) is 4.39 Å². The number of fused-ring (bicyclic) bond motifs is 1. The number of pyridine rings is 2. The number of benzene rings is 1. The summed E-state index contributed by atoms with van der Waals surface area (Å²) >= 11 is 0. The second-order valence-electron chi connectivity index (χ2n) is 5.70. The third-order valence-electron chi connectivity index (χ3n) is 4.12. The first-order valence-electron chi connectivity index (χ1n) is 7.58. The van der Waals surface area contributed by atoms with Gasteiger partial charge in [0, 0.05) is 23.3 Å². The highest BCUT2D eigenvalue weighted by molar-refractivity contribution is 6.03. The number of hydrogen-bond donors (Lipinski definition) is 2. The molecule has 1 aromatic carbocycles. The van der Waals surface area contributed by atoms with Gasteiger partial charge in [-0.05, 0) is 66.1 Å². The largest absolute Gasteiger partial charge is 0.383 e. The Kier molecular flexibility index (Phi) is 3.27. The fourth-order valence-electron chi connectivity index (χ4n) is 2.88. The van der Waals surface area contributed by atoms with Crippen molar-refractivity contribution < 1.29 is 4.39 Å². The van der Waals surface area contributed by atoms with E-state index in [0.29, 0.717) is 11.5 Å². The maximum absolute atomic E-state index is 13.3. The van der Waals surface area contributed by atoms with Crippen LogP contribution < -0.4 is 5.73 Å². The van der Waals surface area contributed by atoms with E-state index in [-0.39, 0.29) is 5.82 Å². The van der Waals surface area contributed by atoms with Crippen molar-refractivity contribution in [2.75, 3.05) is 5.73 Å². The molecule has 0 spiro atoms. The van der Waals surface area contributed by atoms with Crippen molar-refractivity contribution in [3.05, 3.63) is 66.2 Å². The van der Waals surface area contributed by atoms with Gasteiger partial charge in [-0.3, -0.25) is 4.98 Å². The van der Waals surface area contributed by atoms with Crippen molar-refractivity contribution in [2.24, 2.45) is 0 Å². The molecule has 0 atom stereocenters. The number of nitrogens with two attached hydrogens (primary N) is 1. The molecule has 4 nitrogen and oxygen atoms in total. The third kappa shape index (κ3) is 2.31. The predicted octanol–water partition coefficient (Wildman–Crippen LogP) is 4.32. The second kappa shape index (κ2) is 5.45. The van der Waals surface area contributed by atoms with Gasteiger partial charge in [0.1, 0.15) is 17.3 Å². The average Bonchev–Trinajstić information content (AvgIpc) is 2.95. The Hall–Kier alpha value is -3.21. The lowest BCUT2D eigenvalue weighted by molar-refractivity contribution is 0.628. The number of aryl methyl sites for hydroxylation is 1. The van der Waals surface area contributed by atoms with E-state index in [0.717, 1.165) is 33.3 Å². The van der Waals surface area contributed by atoms with Crippen molar-refractivity contribution in [2.45, 2.75) is 6.92 Å². The summed E-state index contributed by atoms with van der Waals surface area (Å²) in [5.41, 5.74) is 11.4. The van der Waals surface area contributed by atoms with Crippen LogP contribution in [0.3, 0.4) is 0 Å². The van der Waals surface area contributed by atoms with E-state index in [2.05, 4.69) is 15.0 Å². The molecule has 0 aliphatic rings. The highest BCUT2D eigenvalue weighted by atomic mass is 19.1. The number of nitrogen functional groups attached to an aromatic ring is 1. The van der Waals surface area contributed by atoms with E-state index in [1.165, 1.54) is 12.1 Å². The van der Waals surface area contributed by atoms with Gasteiger partial charge in [0.05, 0.1) is 5.69 Å². The number of aromatic nitrogens is 3. The Balaban J connectivity index is 2.07. The molecule has 4 rings (SSSR count). The summed E-state index contributed by atoms with van der Waals surface area (Å²) in [5, 5.41) is 0.979. The molecule has 0 aliphatic carbocycles. The van der Waals surface area contributed by atoms with Crippen LogP contribution in [0.1, 0.15) is 5.56 Å². The zero-order chi connectivity index (χ0) is 16.7. The monoisotopic (exact) mass is 318 g/mol. The van der Waals surface area contributed by atoms with Crippen molar-refractivity contribution in [3.63, 3.8) is 0 Å². The molecular formula is C19H15FN4. The zero-order valence-electron chi connectivity index (χ0n) is 13.0. The topological polar surface area (TPSA) is 67.6 Å². The van der Waals surface area contributed by atoms with Crippen molar-refractivity contribution >= 4 is 16.9 Å². The molecule has 3 aromatic heterocycles. The van der Waals surface area contributed by atoms with Crippen molar-refractivity contribution in [1.82, 2.24) is 15.0 Å². The summed E-state index contributed by atoms with van der Waals surface area (Å²) < 4.78 is 13.3. The molecule has 4 aromatic rings. The molecule has 0 fully saturated rings. The van der Waals surface area contributed by atoms with Crippen LogP contribution in [0.15, 0.2) is 54.9 Å². The maximum Gasteiger partial charge on any atom is 0.140 e. The Morgan fingerprint density at radius 2 is 1.71 bits per heavy atom. The lowest BCUT2D eigenvalue weighted by atomic mass is 9.99. The Bertz CT molecular complexity index is 1020. The van der Waals surface area contributed by atoms with E-state index in [1.807, 2.05) is 25.1 Å². The minimum atomic E-state index is -0.265. The first-order chi connectivity index (χ1) is 11.6. The number of nitrogens with one attached hydrogen (secondary N) is 1. The number of H-pyrrole nitrogens is 1. The van der Waals surface area contributed by atoms with Gasteiger partial charge in [-0.1, -0.05) is 0 Å². The fraction of sp³-hybridized carbons (Fsp3) is 0.0526. The van der Waals surface area contributed by atoms with E-state index in [4.69, 9.17) is 5.73 Å². The standard InChI is InChI=1S/C19H15FN4/c1-11-10-15-16(12-6-8-22-9-7-12)17(23-19(15)24-18(11)21)13-2-4-14(20)5-3-13/h2-10H,1H3,(H3,21,23,24). The fourth-order valence-corrected chi connectivity index (χ4v) is 2.88. The van der Waals surface area contributed by atoms with Crippen LogP contribution in [0.2, 0.25) is 0 Å². The molecule has 0 amide bonds. The zero-order valence-corrected chi connectivity index (χ0v) is 13.0. The van der Waals surface area contributed by atoms with Crippen LogP contribution in [0.5, 0.6) is 0 Å². The second-order valence-corrected chi connectivity index (χ2v) is 5.70. The first kappa shape index (κ1) is 14.4. The third-order valence-corrected chi connectivity index (χ3v) is 4.12. The van der Waals surface area contributed by atoms with Crippen LogP contribution in [0.4, 0.5) is 10.2 Å². The first-order valence-corrected chi connectivity index (χ1v) is 7.58. The van der Waals surface area contributed by atoms with E-state index >= 15 is 0 Å². The Morgan fingerprint density at radius 1 is 1.00 bits per heavy atom. The number of rotatable bonds is 2. The van der Waals surface area contributed by atoms with E-state index < -0.39 is 0 Å². The molecule has 0 saturated heterocycles. The van der Waals surface area contributed by atoms with Crippen LogP contribution >= 0.6 is 0 Å². The highest BCUT2D eigenvalue weighted by Gasteiger charge is 2.17. The number of anilines is 1. The number of nitrogens with zero attached hydrogens (tertiary/aromatic N) is 2. The van der Waals surface area contributed by atoms with Gasteiger partial charge in [0.2, 0.25) is 0 Å². The molecule has 118 valence electrons. The summed E-state index contributed by atoms with van der Waals surface area (Å²) in [6, 6.07) is 12.3. The molecule has 0 aliphatic heterocycles. The van der Waals surface area contributed by atoms with Gasteiger partial charge in [-0.25, -0.2) is 9.37 Å². The smallest absolute Gasteiger partial charge is 0.140 e. The Labute approximate surface area is 138 Å². The van der Waals surface area contributed by atoms with Crippen molar-refractivity contribution in [3.8, 4) is 22.4 Å². The summed E-state index contributed by atoms with van der Waals surface area (Å²) in [5.74, 6) is 0.231. The van der Waals surface area contributed by atoms with Gasteiger partial charge in [-0.2, -0.15) is 0 Å². The molecule has 3 N–H and O–H groups in total. The molecule has 24 heavy (non-hydrogen) atoms. The highest BCUT2D eigenvalue weighted by Crippen LogP contribution is 2.38. The molecule has 0 unspecified atom stereocenters. The molecule has 0 bridgehead atoms. The molecule has 3 heterocycles. The Morgan fingerprint density at radius 3 is 2.42 bits per heavy atom. The van der Waals surface area contributed by atoms with Crippen LogP contribution in [-0.2, 0) is 0 Å². The van der Waals surface area contributed by atoms with Crippen molar-refractivity contribution in [1.29, 1.82) is 0 Å². The van der Waals surface area contributed by atoms with Gasteiger partial charge in [0.25, 0.3) is 0 Å². The van der Waals surface area contributed by atoms with Crippen LogP contribution in [0.25, 0.3) is 33.4 Å². The summed E-state index contributed by atoms with van der Waals surface area (Å²) in [7, 11) is 0. The SMILES string of the molecule is Cc1cc2c(-c3ccncc3)c(-c3ccc(F)cc3)[nH]c2nc1N. The van der Waals surface area contributed by atoms with Gasteiger partial charge < -0.3 is 10.7 Å². The van der Waals surface area contributed by atoms with E-state index in [1.54, 1.807) is 24.5 Å². The molecule has 5 heteroatoms. The summed E-state index contributed by atoms with van der Waals surface area (Å²) in [6.07, 6.45) is 3.50. The summed E-state index contributed by atoms with van der Waals surface area (Å²) in [6.45, 7) is 1.93. The molecule has 0 saturated carbocycles. The molecular weight excluding hydrogens is 303 g/mol. The van der Waals surface area contributed by atoms with Gasteiger partial charge in [0.15, 0.2) is 0 Å². The van der Waals surface area contributed by atoms with Crippen LogP contribution in [-0.4, -0.2) is 15.0 Å². The minimum absolute atomic E-state index is 0.265. The predicted molar refractivity (Wildman–Crippen MR) is 93.9 cm³/mol. The van der Waals surface area contributed by atoms with Gasteiger partial charge in [-0.15, -0.1) is 0 Å². The van der Waals surface area contributed by atoms with Gasteiger partial charge >= 0.3 is 0 Å². The minimum Gasteiger partial charge on any atom is -0.383 e. The lowest BCUT2D eigenvalue weighted by Crippen LogP contribution is -1.93. The number of hydrogen-bond acceptors (Lipinski definition) is 3. The average molecular weight is 318 g/mol. The maximum atomic E-state index is 13.3. The summed E-state index contributed by atoms with van der Waals surface area (Å²) in [4.78, 5) is 11.9. The molecule has 0 radical (unpaired) electrons. The van der Waals surface area contributed by atoms with Crippen LogP contribution in [0, 0.1) is 12.7 Å². The lowest BCUT2D eigenvalue weighted by Gasteiger charge is -2.06. The number of aromatic amines is 1. The number of halogens is 1. The normalized spacial score (nSPS) is 11.1.